The number of aromatic nitrogens is 2. The van der Waals surface area contributed by atoms with Gasteiger partial charge < -0.3 is 19.2 Å². The maximum Gasteiger partial charge on any atom is 0.251 e. The fraction of sp³-hybridized carbons (Fsp3) is 0.263. The molecule has 1 heterocycles. The lowest BCUT2D eigenvalue weighted by Crippen LogP contribution is -2.16. The van der Waals surface area contributed by atoms with Crippen LogP contribution in [-0.2, 0) is 13.0 Å². The van der Waals surface area contributed by atoms with Crippen LogP contribution < -0.4 is 14.8 Å². The van der Waals surface area contributed by atoms with E-state index in [1.165, 1.54) is 5.56 Å². The largest absolute Gasteiger partial charge is 0.497 e. The molecule has 0 atom stereocenters. The van der Waals surface area contributed by atoms with Crippen LogP contribution in [0.4, 0.5) is 0 Å². The fourth-order valence-electron chi connectivity index (χ4n) is 2.48. The molecule has 0 aliphatic carbocycles. The Bertz CT molecular complexity index is 800. The van der Waals surface area contributed by atoms with Crippen LogP contribution in [0.1, 0.15) is 11.5 Å². The van der Waals surface area contributed by atoms with Crippen LogP contribution in [0.3, 0.4) is 0 Å². The van der Waals surface area contributed by atoms with Crippen LogP contribution in [0.25, 0.3) is 11.5 Å². The molecule has 0 unspecified atom stereocenters. The topological polar surface area (TPSA) is 69.4 Å². The molecule has 0 saturated heterocycles. The van der Waals surface area contributed by atoms with Crippen molar-refractivity contribution in [2.24, 2.45) is 0 Å². The third-order valence-corrected chi connectivity index (χ3v) is 3.83. The Balaban J connectivity index is 1.51. The Kier molecular flexibility index (Phi) is 5.64. The molecule has 6 nitrogen and oxygen atoms in total. The second-order valence-corrected chi connectivity index (χ2v) is 5.48. The van der Waals surface area contributed by atoms with E-state index in [2.05, 4.69) is 27.6 Å². The van der Waals surface area contributed by atoms with Crippen molar-refractivity contribution < 1.29 is 13.9 Å². The monoisotopic (exact) mass is 339 g/mol. The number of methoxy groups -OCH3 is 2. The third-order valence-electron chi connectivity index (χ3n) is 3.83. The number of ether oxygens (including phenoxy) is 2. The zero-order valence-corrected chi connectivity index (χ0v) is 14.4. The highest BCUT2D eigenvalue weighted by Crippen LogP contribution is 2.28. The van der Waals surface area contributed by atoms with Crippen molar-refractivity contribution in [3.63, 3.8) is 0 Å². The average Bonchev–Trinajstić information content (AvgIpc) is 3.14. The molecular weight excluding hydrogens is 318 g/mol. The molecule has 0 amide bonds. The number of benzene rings is 2. The highest BCUT2D eigenvalue weighted by atomic mass is 16.5. The van der Waals surface area contributed by atoms with Crippen LogP contribution in [0, 0.1) is 0 Å². The highest BCUT2D eigenvalue weighted by molar-refractivity contribution is 5.62. The number of nitrogens with one attached hydrogen (secondary N) is 1. The molecule has 1 aromatic heterocycles. The quantitative estimate of drug-likeness (QED) is 0.636. The molecule has 2 aromatic carbocycles. The Labute approximate surface area is 146 Å². The zero-order chi connectivity index (χ0) is 17.5. The first kappa shape index (κ1) is 17.0. The molecule has 0 aliphatic rings. The van der Waals surface area contributed by atoms with Crippen molar-refractivity contribution in [2.45, 2.75) is 13.0 Å². The van der Waals surface area contributed by atoms with Crippen molar-refractivity contribution >= 4 is 0 Å². The molecule has 130 valence electrons. The van der Waals surface area contributed by atoms with Gasteiger partial charge in [-0.3, -0.25) is 0 Å². The Hall–Kier alpha value is -2.86. The predicted octanol–water partition coefficient (Wildman–Crippen LogP) is 3.09. The van der Waals surface area contributed by atoms with Crippen molar-refractivity contribution in [3.05, 3.63) is 60.0 Å². The SMILES string of the molecule is COc1ccc(CCNCc2nnc(-c3ccccc3OC)o2)cc1. The van der Waals surface area contributed by atoms with Crippen molar-refractivity contribution in [3.8, 4) is 23.0 Å². The van der Waals surface area contributed by atoms with Gasteiger partial charge in [-0.25, -0.2) is 0 Å². The summed E-state index contributed by atoms with van der Waals surface area (Å²) in [7, 11) is 3.29. The van der Waals surface area contributed by atoms with E-state index in [-0.39, 0.29) is 0 Å². The van der Waals surface area contributed by atoms with E-state index in [0.29, 0.717) is 24.1 Å². The molecule has 0 fully saturated rings. The van der Waals surface area contributed by atoms with E-state index in [4.69, 9.17) is 13.9 Å². The molecule has 0 bridgehead atoms. The summed E-state index contributed by atoms with van der Waals surface area (Å²) >= 11 is 0. The first-order chi connectivity index (χ1) is 12.3. The first-order valence-electron chi connectivity index (χ1n) is 8.09. The Morgan fingerprint density at radius 1 is 0.960 bits per heavy atom. The summed E-state index contributed by atoms with van der Waals surface area (Å²) in [6.45, 7) is 1.34. The van der Waals surface area contributed by atoms with Crippen LogP contribution in [-0.4, -0.2) is 31.0 Å². The van der Waals surface area contributed by atoms with Gasteiger partial charge in [0.25, 0.3) is 5.89 Å². The molecule has 3 rings (SSSR count). The number of rotatable bonds is 8. The Morgan fingerprint density at radius 3 is 2.52 bits per heavy atom. The number of hydrogen-bond acceptors (Lipinski definition) is 6. The van der Waals surface area contributed by atoms with E-state index in [1.54, 1.807) is 14.2 Å². The smallest absolute Gasteiger partial charge is 0.251 e. The van der Waals surface area contributed by atoms with Crippen LogP contribution in [0.2, 0.25) is 0 Å². The zero-order valence-electron chi connectivity index (χ0n) is 14.4. The second kappa shape index (κ2) is 8.30. The number of nitrogens with zero attached hydrogens (tertiary/aromatic N) is 2. The minimum Gasteiger partial charge on any atom is -0.497 e. The second-order valence-electron chi connectivity index (χ2n) is 5.48. The average molecular weight is 339 g/mol. The van der Waals surface area contributed by atoms with Gasteiger partial charge in [0.15, 0.2) is 0 Å². The maximum absolute atomic E-state index is 5.71. The Morgan fingerprint density at radius 2 is 1.76 bits per heavy atom. The van der Waals surface area contributed by atoms with Crippen LogP contribution >= 0.6 is 0 Å². The van der Waals surface area contributed by atoms with Crippen LogP contribution in [0.5, 0.6) is 11.5 Å². The van der Waals surface area contributed by atoms with Gasteiger partial charge in [0, 0.05) is 0 Å². The van der Waals surface area contributed by atoms with E-state index >= 15 is 0 Å². The van der Waals surface area contributed by atoms with Crippen molar-refractivity contribution in [2.75, 3.05) is 20.8 Å². The lowest BCUT2D eigenvalue weighted by molar-refractivity contribution is 0.413. The third kappa shape index (κ3) is 4.36. The van der Waals surface area contributed by atoms with Gasteiger partial charge in [0.2, 0.25) is 5.89 Å². The molecule has 0 saturated carbocycles. The first-order valence-corrected chi connectivity index (χ1v) is 8.09. The molecular formula is C19H21N3O3. The van der Waals surface area contributed by atoms with Gasteiger partial charge >= 0.3 is 0 Å². The summed E-state index contributed by atoms with van der Waals surface area (Å²) in [5.41, 5.74) is 2.04. The molecule has 0 aliphatic heterocycles. The standard InChI is InChI=1S/C19H21N3O3/c1-23-15-9-7-14(8-10-15)11-12-20-13-18-21-22-19(25-18)16-5-3-4-6-17(16)24-2/h3-10,20H,11-13H2,1-2H3. The summed E-state index contributed by atoms with van der Waals surface area (Å²) in [6, 6.07) is 15.6. The predicted molar refractivity (Wildman–Crippen MR) is 94.7 cm³/mol. The van der Waals surface area contributed by atoms with Gasteiger partial charge in [0.05, 0.1) is 26.3 Å². The van der Waals surface area contributed by atoms with E-state index < -0.39 is 0 Å². The van der Waals surface area contributed by atoms with Crippen LogP contribution in [0.15, 0.2) is 52.9 Å². The van der Waals surface area contributed by atoms with Gasteiger partial charge in [-0.2, -0.15) is 0 Å². The molecule has 0 spiro atoms. The summed E-state index contributed by atoms with van der Waals surface area (Å²) in [5, 5.41) is 11.5. The lowest BCUT2D eigenvalue weighted by atomic mass is 10.1. The van der Waals surface area contributed by atoms with E-state index in [1.807, 2.05) is 36.4 Å². The minimum atomic E-state index is 0.462. The van der Waals surface area contributed by atoms with Gasteiger partial charge in [-0.15, -0.1) is 10.2 Å². The van der Waals surface area contributed by atoms with Gasteiger partial charge in [-0.1, -0.05) is 24.3 Å². The highest BCUT2D eigenvalue weighted by Gasteiger charge is 2.12. The summed E-state index contributed by atoms with van der Waals surface area (Å²) in [6.07, 6.45) is 0.914. The van der Waals surface area contributed by atoms with E-state index in [9.17, 15) is 0 Å². The summed E-state index contributed by atoms with van der Waals surface area (Å²) in [5.74, 6) is 2.59. The van der Waals surface area contributed by atoms with Gasteiger partial charge in [0.1, 0.15) is 11.5 Å². The molecule has 25 heavy (non-hydrogen) atoms. The molecule has 6 heteroatoms. The van der Waals surface area contributed by atoms with Gasteiger partial charge in [-0.05, 0) is 42.8 Å². The molecule has 0 radical (unpaired) electrons. The minimum absolute atomic E-state index is 0.462. The fourth-order valence-corrected chi connectivity index (χ4v) is 2.48. The van der Waals surface area contributed by atoms with E-state index in [0.717, 1.165) is 24.3 Å². The maximum atomic E-state index is 5.71. The van der Waals surface area contributed by atoms with Crippen molar-refractivity contribution in [1.29, 1.82) is 0 Å². The van der Waals surface area contributed by atoms with Crippen molar-refractivity contribution in [1.82, 2.24) is 15.5 Å². The summed E-state index contributed by atoms with van der Waals surface area (Å²) in [4.78, 5) is 0. The molecule has 1 N–H and O–H groups in total. The number of para-hydroxylation sites is 1. The summed E-state index contributed by atoms with van der Waals surface area (Å²) < 4.78 is 16.2. The number of hydrogen-bond donors (Lipinski definition) is 1. The molecule has 3 aromatic rings. The normalized spacial score (nSPS) is 10.6. The lowest BCUT2D eigenvalue weighted by Gasteiger charge is -2.04.